The lowest BCUT2D eigenvalue weighted by Crippen LogP contribution is -2.34. The van der Waals surface area contributed by atoms with Gasteiger partial charge in [0.1, 0.15) is 6.17 Å². The van der Waals surface area contributed by atoms with Crippen molar-refractivity contribution < 1.29 is 0 Å². The van der Waals surface area contributed by atoms with Crippen molar-refractivity contribution in [2.45, 2.75) is 19.0 Å². The number of nitrogens with zero attached hydrogens (tertiary/aromatic N) is 2. The molecule has 0 aromatic rings. The van der Waals surface area contributed by atoms with E-state index in [0.717, 1.165) is 6.54 Å². The smallest absolute Gasteiger partial charge is 0.165 e. The van der Waals surface area contributed by atoms with Gasteiger partial charge in [0.2, 0.25) is 0 Å². The molecule has 1 radical (unpaired) electrons. The molecule has 2 rings (SSSR count). The number of hydrogen-bond acceptors (Lipinski definition) is 3. The topological polar surface area (TPSA) is 27.6 Å². The van der Waals surface area contributed by atoms with Gasteiger partial charge in [-0.15, -0.1) is 0 Å². The molecule has 0 aliphatic carbocycles. The Kier molecular flexibility index (Phi) is 1.59. The Morgan fingerprint density at radius 3 is 2.80 bits per heavy atom. The van der Waals surface area contributed by atoms with Gasteiger partial charge >= 0.3 is 0 Å². The van der Waals surface area contributed by atoms with Crippen LogP contribution in [0.25, 0.3) is 0 Å². The maximum atomic E-state index is 4.18. The first-order valence-corrected chi connectivity index (χ1v) is 3.88. The van der Waals surface area contributed by atoms with Gasteiger partial charge in [-0.05, 0) is 12.8 Å². The average molecular weight is 138 g/mol. The standard InChI is InChI=1S/C7H12N3/c1-2-4-10(3-1)7-5-8-6-9-7/h7H,1-5H2,(H,8,9). The molecule has 1 atom stereocenters. The van der Waals surface area contributed by atoms with Crippen LogP contribution in [0.3, 0.4) is 0 Å². The van der Waals surface area contributed by atoms with E-state index >= 15 is 0 Å². The van der Waals surface area contributed by atoms with Gasteiger partial charge in [-0.3, -0.25) is 4.90 Å². The summed E-state index contributed by atoms with van der Waals surface area (Å²) in [4.78, 5) is 6.59. The van der Waals surface area contributed by atoms with Crippen LogP contribution in [0.1, 0.15) is 12.8 Å². The Labute approximate surface area is 61.1 Å². The van der Waals surface area contributed by atoms with Gasteiger partial charge in [-0.1, -0.05) is 0 Å². The molecular formula is C7H12N3. The van der Waals surface area contributed by atoms with Gasteiger partial charge in [0.15, 0.2) is 6.34 Å². The zero-order valence-corrected chi connectivity index (χ0v) is 6.01. The molecule has 0 amide bonds. The van der Waals surface area contributed by atoms with E-state index in [9.17, 15) is 0 Å². The SMILES string of the molecule is [C]1=NC(N2CCCC2)CN1. The molecule has 10 heavy (non-hydrogen) atoms. The van der Waals surface area contributed by atoms with Crippen molar-refractivity contribution in [1.29, 1.82) is 0 Å². The fourth-order valence-electron chi connectivity index (χ4n) is 1.55. The van der Waals surface area contributed by atoms with Crippen molar-refractivity contribution in [3.05, 3.63) is 0 Å². The fourth-order valence-corrected chi connectivity index (χ4v) is 1.55. The van der Waals surface area contributed by atoms with Crippen molar-refractivity contribution in [3.63, 3.8) is 0 Å². The predicted octanol–water partition coefficient (Wildman–Crippen LogP) is -0.0832. The number of rotatable bonds is 1. The molecular weight excluding hydrogens is 126 g/mol. The summed E-state index contributed by atoms with van der Waals surface area (Å²) in [7, 11) is 0. The maximum absolute atomic E-state index is 4.18. The summed E-state index contributed by atoms with van der Waals surface area (Å²) in [5, 5.41) is 2.99. The second kappa shape index (κ2) is 2.58. The van der Waals surface area contributed by atoms with Gasteiger partial charge in [-0.2, -0.15) is 0 Å². The third-order valence-corrected chi connectivity index (χ3v) is 2.14. The summed E-state index contributed by atoms with van der Waals surface area (Å²) in [6.45, 7) is 3.40. The molecule has 3 heteroatoms. The van der Waals surface area contributed by atoms with Gasteiger partial charge in [-0.25, -0.2) is 4.99 Å². The van der Waals surface area contributed by atoms with Crippen molar-refractivity contribution in [2.24, 2.45) is 4.99 Å². The second-order valence-corrected chi connectivity index (χ2v) is 2.85. The van der Waals surface area contributed by atoms with E-state index in [1.54, 1.807) is 0 Å². The zero-order chi connectivity index (χ0) is 6.81. The number of hydrogen-bond donors (Lipinski definition) is 1. The molecule has 1 saturated heterocycles. The first-order valence-electron chi connectivity index (χ1n) is 3.88. The summed E-state index contributed by atoms with van der Waals surface area (Å²) < 4.78 is 0. The Balaban J connectivity index is 1.91. The Hall–Kier alpha value is -0.570. The Morgan fingerprint density at radius 2 is 2.20 bits per heavy atom. The summed E-state index contributed by atoms with van der Waals surface area (Å²) in [6.07, 6.45) is 5.85. The van der Waals surface area contributed by atoms with E-state index in [1.807, 2.05) is 0 Å². The van der Waals surface area contributed by atoms with E-state index < -0.39 is 0 Å². The van der Waals surface area contributed by atoms with Gasteiger partial charge < -0.3 is 5.32 Å². The van der Waals surface area contributed by atoms with Gasteiger partial charge in [0, 0.05) is 13.1 Å². The van der Waals surface area contributed by atoms with Crippen LogP contribution in [-0.4, -0.2) is 37.0 Å². The number of likely N-dealkylation sites (tertiary alicyclic amines) is 1. The molecule has 3 nitrogen and oxygen atoms in total. The van der Waals surface area contributed by atoms with Gasteiger partial charge in [0.25, 0.3) is 0 Å². The quantitative estimate of drug-likeness (QED) is 0.548. The highest BCUT2D eigenvalue weighted by molar-refractivity contribution is 5.56. The number of nitrogens with one attached hydrogen (secondary N) is 1. The molecule has 1 fully saturated rings. The fraction of sp³-hybridized carbons (Fsp3) is 0.857. The maximum Gasteiger partial charge on any atom is 0.165 e. The number of aliphatic imine (C=N–C) groups is 1. The molecule has 2 heterocycles. The zero-order valence-electron chi connectivity index (χ0n) is 6.01. The predicted molar refractivity (Wildman–Crippen MR) is 40.0 cm³/mol. The third-order valence-electron chi connectivity index (χ3n) is 2.14. The van der Waals surface area contributed by atoms with E-state index in [2.05, 4.69) is 21.5 Å². The highest BCUT2D eigenvalue weighted by atomic mass is 15.3. The van der Waals surface area contributed by atoms with Crippen LogP contribution < -0.4 is 5.32 Å². The molecule has 0 saturated carbocycles. The molecule has 0 aromatic heterocycles. The van der Waals surface area contributed by atoms with E-state index in [-0.39, 0.29) is 0 Å². The summed E-state index contributed by atoms with van der Waals surface area (Å²) in [5.74, 6) is 0. The lowest BCUT2D eigenvalue weighted by Gasteiger charge is -2.18. The van der Waals surface area contributed by atoms with Crippen LogP contribution in [-0.2, 0) is 0 Å². The largest absolute Gasteiger partial charge is 0.364 e. The summed E-state index contributed by atoms with van der Waals surface area (Å²) in [5.41, 5.74) is 0. The van der Waals surface area contributed by atoms with Crippen LogP contribution in [0.2, 0.25) is 0 Å². The minimum atomic E-state index is 0.391. The normalized spacial score (nSPS) is 33.0. The van der Waals surface area contributed by atoms with Crippen molar-refractivity contribution >= 4 is 6.34 Å². The molecule has 1 N–H and O–H groups in total. The van der Waals surface area contributed by atoms with E-state index in [1.165, 1.54) is 25.9 Å². The second-order valence-electron chi connectivity index (χ2n) is 2.85. The van der Waals surface area contributed by atoms with Crippen molar-refractivity contribution in [1.82, 2.24) is 10.2 Å². The van der Waals surface area contributed by atoms with E-state index in [4.69, 9.17) is 0 Å². The molecule has 1 unspecified atom stereocenters. The monoisotopic (exact) mass is 138 g/mol. The molecule has 0 aromatic carbocycles. The third kappa shape index (κ3) is 1.01. The van der Waals surface area contributed by atoms with Crippen LogP contribution in [0.15, 0.2) is 4.99 Å². The van der Waals surface area contributed by atoms with Crippen LogP contribution >= 0.6 is 0 Å². The lowest BCUT2D eigenvalue weighted by atomic mass is 10.4. The Bertz CT molecular complexity index is 138. The first-order chi connectivity index (χ1) is 4.97. The average Bonchev–Trinajstić information content (AvgIpc) is 2.59. The minimum absolute atomic E-state index is 0.391. The van der Waals surface area contributed by atoms with Crippen molar-refractivity contribution in [3.8, 4) is 0 Å². The molecule has 2 aliphatic rings. The van der Waals surface area contributed by atoms with Gasteiger partial charge in [0.05, 0.1) is 6.54 Å². The van der Waals surface area contributed by atoms with Crippen LogP contribution in [0, 0.1) is 0 Å². The van der Waals surface area contributed by atoms with Crippen LogP contribution in [0.4, 0.5) is 0 Å². The summed E-state index contributed by atoms with van der Waals surface area (Å²) in [6, 6.07) is 0. The molecule has 2 aliphatic heterocycles. The first kappa shape index (κ1) is 6.16. The molecule has 0 spiro atoms. The van der Waals surface area contributed by atoms with Crippen LogP contribution in [0.5, 0.6) is 0 Å². The highest BCUT2D eigenvalue weighted by Crippen LogP contribution is 2.12. The molecule has 55 valence electrons. The highest BCUT2D eigenvalue weighted by Gasteiger charge is 2.22. The minimum Gasteiger partial charge on any atom is -0.364 e. The summed E-state index contributed by atoms with van der Waals surface area (Å²) >= 11 is 0. The van der Waals surface area contributed by atoms with Crippen molar-refractivity contribution in [2.75, 3.05) is 19.6 Å². The lowest BCUT2D eigenvalue weighted by molar-refractivity contribution is 0.260. The molecule has 0 bridgehead atoms. The van der Waals surface area contributed by atoms with E-state index in [0.29, 0.717) is 6.17 Å². The Morgan fingerprint density at radius 1 is 1.40 bits per heavy atom.